The fraction of sp³-hybridized carbons (Fsp3) is 0.263. The smallest absolute Gasteiger partial charge is 0.286 e. The van der Waals surface area contributed by atoms with Crippen LogP contribution < -0.4 is 10.6 Å². The van der Waals surface area contributed by atoms with Gasteiger partial charge in [-0.15, -0.1) is 10.2 Å². The highest BCUT2D eigenvalue weighted by atomic mass is 32.1. The van der Waals surface area contributed by atoms with Gasteiger partial charge in [0, 0.05) is 18.2 Å². The molecule has 8 nitrogen and oxygen atoms in total. The molecule has 3 aromatic rings. The number of rotatable bonds is 9. The van der Waals surface area contributed by atoms with E-state index in [2.05, 4.69) is 20.8 Å². The van der Waals surface area contributed by atoms with Gasteiger partial charge in [-0.2, -0.15) is 0 Å². The Hall–Kier alpha value is -3.11. The zero-order valence-corrected chi connectivity index (χ0v) is 16.4. The van der Waals surface area contributed by atoms with Crippen molar-refractivity contribution in [2.24, 2.45) is 0 Å². The molecule has 2 heterocycles. The van der Waals surface area contributed by atoms with Gasteiger partial charge in [-0.25, -0.2) is 4.39 Å². The molecule has 2 N–H and O–H groups in total. The molecular formula is C19H19FN4O4S. The highest BCUT2D eigenvalue weighted by Crippen LogP contribution is 2.14. The molecule has 1 unspecified atom stereocenters. The van der Waals surface area contributed by atoms with E-state index in [1.165, 1.54) is 24.3 Å². The van der Waals surface area contributed by atoms with Crippen LogP contribution in [0.3, 0.4) is 0 Å². The van der Waals surface area contributed by atoms with Crippen LogP contribution in [0.4, 0.5) is 10.1 Å². The minimum atomic E-state index is -0.454. The Labute approximate surface area is 170 Å². The Bertz CT molecular complexity index is 944. The zero-order valence-electron chi connectivity index (χ0n) is 15.6. The lowest BCUT2D eigenvalue weighted by Gasteiger charge is -2.12. The number of halogens is 1. The summed E-state index contributed by atoms with van der Waals surface area (Å²) in [6.07, 6.45) is 2.17. The van der Waals surface area contributed by atoms with Crippen LogP contribution in [0.15, 0.2) is 47.1 Å². The van der Waals surface area contributed by atoms with Crippen LogP contribution >= 0.6 is 11.3 Å². The maximum atomic E-state index is 12.9. The van der Waals surface area contributed by atoms with Crippen molar-refractivity contribution in [2.45, 2.75) is 26.0 Å². The van der Waals surface area contributed by atoms with Gasteiger partial charge in [-0.05, 0) is 43.3 Å². The molecule has 0 saturated heterocycles. The van der Waals surface area contributed by atoms with Crippen molar-refractivity contribution in [3.05, 3.63) is 64.3 Å². The normalized spacial score (nSPS) is 11.8. The molecule has 0 saturated carbocycles. The summed E-state index contributed by atoms with van der Waals surface area (Å²) in [6, 6.07) is 8.93. The predicted octanol–water partition coefficient (Wildman–Crippen LogP) is 2.79. The Kier molecular flexibility index (Phi) is 7.04. The molecule has 152 valence electrons. The van der Waals surface area contributed by atoms with Crippen LogP contribution in [0.2, 0.25) is 0 Å². The van der Waals surface area contributed by atoms with E-state index in [0.29, 0.717) is 17.1 Å². The number of benzene rings is 1. The molecule has 29 heavy (non-hydrogen) atoms. The third-order valence-electron chi connectivity index (χ3n) is 3.72. The van der Waals surface area contributed by atoms with Crippen molar-refractivity contribution in [2.75, 3.05) is 11.9 Å². The number of aromatic nitrogens is 2. The largest absolute Gasteiger partial charge is 0.469 e. The van der Waals surface area contributed by atoms with Gasteiger partial charge < -0.3 is 19.8 Å². The molecule has 3 rings (SSSR count). The summed E-state index contributed by atoms with van der Waals surface area (Å²) < 4.78 is 23.5. The summed E-state index contributed by atoms with van der Waals surface area (Å²) in [7, 11) is 0. The van der Waals surface area contributed by atoms with Crippen molar-refractivity contribution in [1.29, 1.82) is 0 Å². The van der Waals surface area contributed by atoms with Crippen LogP contribution in [0.5, 0.6) is 0 Å². The molecule has 0 aliphatic rings. The monoisotopic (exact) mass is 418 g/mol. The SMILES string of the molecule is CC(Cc1ccco1)NC(=O)COCc1nnc(C(=O)Nc2ccc(F)cc2)s1. The van der Waals surface area contributed by atoms with Crippen molar-refractivity contribution in [3.63, 3.8) is 0 Å². The van der Waals surface area contributed by atoms with Crippen LogP contribution in [0, 0.1) is 5.82 Å². The number of anilines is 1. The summed E-state index contributed by atoms with van der Waals surface area (Å²) in [5.74, 6) is -0.315. The number of amides is 2. The molecular weight excluding hydrogens is 399 g/mol. The maximum absolute atomic E-state index is 12.9. The zero-order chi connectivity index (χ0) is 20.6. The second-order valence-corrected chi connectivity index (χ2v) is 7.27. The first-order chi connectivity index (χ1) is 14.0. The van der Waals surface area contributed by atoms with Crippen molar-refractivity contribution in [3.8, 4) is 0 Å². The van der Waals surface area contributed by atoms with E-state index < -0.39 is 11.7 Å². The average molecular weight is 418 g/mol. The van der Waals surface area contributed by atoms with Gasteiger partial charge in [0.25, 0.3) is 5.91 Å². The molecule has 0 bridgehead atoms. The van der Waals surface area contributed by atoms with Crippen LogP contribution in [0.25, 0.3) is 0 Å². The Morgan fingerprint density at radius 2 is 2.03 bits per heavy atom. The van der Waals surface area contributed by atoms with Gasteiger partial charge in [0.1, 0.15) is 29.8 Å². The number of hydrogen-bond acceptors (Lipinski definition) is 7. The van der Waals surface area contributed by atoms with E-state index in [9.17, 15) is 14.0 Å². The van der Waals surface area contributed by atoms with Gasteiger partial charge in [0.2, 0.25) is 10.9 Å². The minimum absolute atomic E-state index is 0.0570. The predicted molar refractivity (Wildman–Crippen MR) is 104 cm³/mol. The third kappa shape index (κ3) is 6.47. The minimum Gasteiger partial charge on any atom is -0.469 e. The Balaban J connectivity index is 1.40. The lowest BCUT2D eigenvalue weighted by atomic mass is 10.2. The fourth-order valence-corrected chi connectivity index (χ4v) is 3.12. The van der Waals surface area contributed by atoms with Gasteiger partial charge in [-0.1, -0.05) is 11.3 Å². The summed E-state index contributed by atoms with van der Waals surface area (Å²) >= 11 is 1.05. The number of ether oxygens (including phenoxy) is 1. The first-order valence-electron chi connectivity index (χ1n) is 8.78. The first-order valence-corrected chi connectivity index (χ1v) is 9.60. The van der Waals surface area contributed by atoms with Gasteiger partial charge >= 0.3 is 0 Å². The third-order valence-corrected chi connectivity index (χ3v) is 4.61. The van der Waals surface area contributed by atoms with Gasteiger partial charge in [0.15, 0.2) is 0 Å². The van der Waals surface area contributed by atoms with E-state index in [1.807, 2.05) is 13.0 Å². The molecule has 0 radical (unpaired) electrons. The Morgan fingerprint density at radius 1 is 1.24 bits per heavy atom. The summed E-state index contributed by atoms with van der Waals surface area (Å²) in [6.45, 7) is 1.79. The molecule has 0 spiro atoms. The number of nitrogens with zero attached hydrogens (tertiary/aromatic N) is 2. The fourth-order valence-electron chi connectivity index (χ4n) is 2.45. The van der Waals surface area contributed by atoms with E-state index in [4.69, 9.17) is 9.15 Å². The summed E-state index contributed by atoms with van der Waals surface area (Å²) in [4.78, 5) is 24.1. The molecule has 0 aliphatic heterocycles. The lowest BCUT2D eigenvalue weighted by Crippen LogP contribution is -2.36. The van der Waals surface area contributed by atoms with Gasteiger partial charge in [-0.3, -0.25) is 9.59 Å². The molecule has 1 atom stereocenters. The van der Waals surface area contributed by atoms with E-state index in [0.717, 1.165) is 17.1 Å². The molecule has 0 fully saturated rings. The summed E-state index contributed by atoms with van der Waals surface area (Å²) in [5, 5.41) is 13.7. The Morgan fingerprint density at radius 3 is 2.76 bits per heavy atom. The maximum Gasteiger partial charge on any atom is 0.286 e. The van der Waals surface area contributed by atoms with E-state index in [-0.39, 0.29) is 30.2 Å². The van der Waals surface area contributed by atoms with E-state index in [1.54, 1.807) is 12.3 Å². The van der Waals surface area contributed by atoms with E-state index >= 15 is 0 Å². The highest BCUT2D eigenvalue weighted by Gasteiger charge is 2.14. The number of carbonyl (C=O) groups excluding carboxylic acids is 2. The number of nitrogens with one attached hydrogen (secondary N) is 2. The molecule has 0 aliphatic carbocycles. The molecule has 10 heteroatoms. The first kappa shape index (κ1) is 20.6. The standard InChI is InChI=1S/C19H19FN4O4S/c1-12(9-15-3-2-8-28-15)21-16(25)10-27-11-17-23-24-19(29-17)18(26)22-14-6-4-13(20)5-7-14/h2-8,12H,9-11H2,1H3,(H,21,25)(H,22,26). The molecule has 2 aromatic heterocycles. The average Bonchev–Trinajstić information content (AvgIpc) is 3.35. The van der Waals surface area contributed by atoms with Crippen molar-refractivity contribution >= 4 is 28.8 Å². The molecule has 1 aromatic carbocycles. The second-order valence-electron chi connectivity index (χ2n) is 6.21. The van der Waals surface area contributed by atoms with Crippen LogP contribution in [-0.2, 0) is 22.6 Å². The molecule has 2 amide bonds. The second kappa shape index (κ2) is 9.89. The quantitative estimate of drug-likeness (QED) is 0.553. The van der Waals surface area contributed by atoms with Crippen LogP contribution in [-0.4, -0.2) is 34.7 Å². The topological polar surface area (TPSA) is 106 Å². The number of carbonyl (C=O) groups is 2. The highest BCUT2D eigenvalue weighted by molar-refractivity contribution is 7.13. The van der Waals surface area contributed by atoms with Crippen molar-refractivity contribution in [1.82, 2.24) is 15.5 Å². The number of furan rings is 1. The van der Waals surface area contributed by atoms with Gasteiger partial charge in [0.05, 0.1) is 6.26 Å². The summed E-state index contributed by atoms with van der Waals surface area (Å²) in [5.41, 5.74) is 0.449. The van der Waals surface area contributed by atoms with Crippen LogP contribution in [0.1, 0.15) is 27.5 Å². The van der Waals surface area contributed by atoms with Crippen molar-refractivity contribution < 1.29 is 23.1 Å². The number of hydrogen-bond donors (Lipinski definition) is 2. The lowest BCUT2D eigenvalue weighted by molar-refractivity contribution is -0.126.